The fourth-order valence-electron chi connectivity index (χ4n) is 7.51. The van der Waals surface area contributed by atoms with Gasteiger partial charge in [0.15, 0.2) is 6.04 Å². The molecule has 0 saturated heterocycles. The minimum Gasteiger partial charge on any atom is -0.497 e. The van der Waals surface area contributed by atoms with Crippen LogP contribution in [0.2, 0.25) is 0 Å². The summed E-state index contributed by atoms with van der Waals surface area (Å²) in [5.74, 6) is -1.17. The molecule has 4 heterocycles. The number of cyclic esters (lactones) is 1. The van der Waals surface area contributed by atoms with E-state index in [1.807, 2.05) is 67.6 Å². The second-order valence-corrected chi connectivity index (χ2v) is 16.1. The second-order valence-electron chi connectivity index (χ2n) is 14.4. The Balaban J connectivity index is 1.21. The Kier molecular flexibility index (Phi) is 10.2. The Labute approximate surface area is 335 Å². The summed E-state index contributed by atoms with van der Waals surface area (Å²) in [6, 6.07) is 32.5. The standard InChI is InChI=1S/C45H40N4O8S/c1-4-45(36-25-39-41-32(24-31-12-8-9-13-37(31)47-41)26-49(39)42(50)35(36)27-56-44(45)52)57-43(51)38(22-29-10-6-5-7-11-29)46-40(23-30-16-18-33(55-3)19-17-30)48-58(53,54)34-20-14-28(2)15-21-34/h5-21,24-25,38H,4,22-23,26-27H2,1-3H3,(H,46,48)/t38?,45-/m0/s1. The van der Waals surface area contributed by atoms with Crippen molar-refractivity contribution in [3.8, 4) is 17.1 Å². The maximum absolute atomic E-state index is 14.7. The third-order valence-corrected chi connectivity index (χ3v) is 12.0. The van der Waals surface area contributed by atoms with Crippen molar-refractivity contribution in [2.75, 3.05) is 7.11 Å². The molecular weight excluding hydrogens is 757 g/mol. The summed E-state index contributed by atoms with van der Waals surface area (Å²) in [5, 5.41) is 0.930. The first-order chi connectivity index (χ1) is 28.0. The van der Waals surface area contributed by atoms with Gasteiger partial charge in [0.1, 0.15) is 18.2 Å². The minimum absolute atomic E-state index is 0.00302. The summed E-state index contributed by atoms with van der Waals surface area (Å²) in [5.41, 5.74) is 3.00. The summed E-state index contributed by atoms with van der Waals surface area (Å²) in [7, 11) is -2.63. The first kappa shape index (κ1) is 38.3. The number of nitrogens with one attached hydrogen (secondary N) is 1. The molecule has 294 valence electrons. The van der Waals surface area contributed by atoms with Crippen LogP contribution in [0.4, 0.5) is 0 Å². The molecule has 12 nitrogen and oxygen atoms in total. The highest BCUT2D eigenvalue weighted by molar-refractivity contribution is 7.90. The number of amidine groups is 1. The summed E-state index contributed by atoms with van der Waals surface area (Å²) < 4.78 is 49.1. The van der Waals surface area contributed by atoms with Gasteiger partial charge in [-0.15, -0.1) is 0 Å². The molecular formula is C45H40N4O8S. The van der Waals surface area contributed by atoms with E-state index in [1.165, 1.54) is 12.1 Å². The molecule has 4 aromatic carbocycles. The molecule has 8 rings (SSSR count). The lowest BCUT2D eigenvalue weighted by molar-refractivity contribution is -0.190. The highest BCUT2D eigenvalue weighted by atomic mass is 32.2. The first-order valence-corrected chi connectivity index (χ1v) is 20.4. The number of aryl methyl sites for hydroxylation is 1. The number of hydrogen-bond donors (Lipinski definition) is 1. The van der Waals surface area contributed by atoms with Crippen molar-refractivity contribution in [2.24, 2.45) is 4.99 Å². The number of esters is 2. The lowest BCUT2D eigenvalue weighted by Crippen LogP contribution is -2.49. The lowest BCUT2D eigenvalue weighted by atomic mass is 9.85. The maximum atomic E-state index is 14.7. The van der Waals surface area contributed by atoms with Crippen molar-refractivity contribution in [3.63, 3.8) is 0 Å². The van der Waals surface area contributed by atoms with Gasteiger partial charge >= 0.3 is 11.9 Å². The molecule has 2 aromatic heterocycles. The number of ether oxygens (including phenoxy) is 3. The van der Waals surface area contributed by atoms with Gasteiger partial charge in [-0.2, -0.15) is 0 Å². The van der Waals surface area contributed by atoms with E-state index < -0.39 is 33.6 Å². The second kappa shape index (κ2) is 15.4. The molecule has 0 bridgehead atoms. The number of aliphatic imine (C=N–C) groups is 1. The number of methoxy groups -OCH3 is 1. The van der Waals surface area contributed by atoms with Crippen LogP contribution in [-0.2, 0) is 60.7 Å². The number of carbonyl (C=O) groups is 2. The highest BCUT2D eigenvalue weighted by Gasteiger charge is 2.51. The van der Waals surface area contributed by atoms with Gasteiger partial charge in [-0.25, -0.2) is 23.0 Å². The molecule has 0 aliphatic carbocycles. The molecule has 58 heavy (non-hydrogen) atoms. The minimum atomic E-state index is -4.17. The molecule has 2 aliphatic heterocycles. The van der Waals surface area contributed by atoms with Gasteiger partial charge in [-0.05, 0) is 66.9 Å². The highest BCUT2D eigenvalue weighted by Crippen LogP contribution is 2.41. The fourth-order valence-corrected chi connectivity index (χ4v) is 8.55. The molecule has 0 spiro atoms. The number of carbonyl (C=O) groups excluding carboxylic acids is 2. The predicted octanol–water partition coefficient (Wildman–Crippen LogP) is 6.18. The summed E-state index contributed by atoms with van der Waals surface area (Å²) in [6.07, 6.45) is -0.0790. The number of aromatic nitrogens is 2. The van der Waals surface area contributed by atoms with Gasteiger partial charge < -0.3 is 18.8 Å². The number of sulfonamides is 1. The molecule has 6 aromatic rings. The van der Waals surface area contributed by atoms with Crippen LogP contribution in [-0.4, -0.2) is 48.9 Å². The normalized spacial score (nSPS) is 16.5. The van der Waals surface area contributed by atoms with Crippen molar-refractivity contribution >= 4 is 38.7 Å². The van der Waals surface area contributed by atoms with Crippen LogP contribution in [0.3, 0.4) is 0 Å². The number of nitrogens with zero attached hydrogens (tertiary/aromatic N) is 3. The van der Waals surface area contributed by atoms with E-state index in [9.17, 15) is 22.8 Å². The monoisotopic (exact) mass is 796 g/mol. The molecule has 0 radical (unpaired) electrons. The summed E-state index contributed by atoms with van der Waals surface area (Å²) >= 11 is 0. The van der Waals surface area contributed by atoms with Crippen molar-refractivity contribution in [3.05, 3.63) is 159 Å². The molecule has 2 atom stereocenters. The van der Waals surface area contributed by atoms with Crippen molar-refractivity contribution in [2.45, 2.75) is 62.8 Å². The van der Waals surface area contributed by atoms with Gasteiger partial charge in [0.25, 0.3) is 15.6 Å². The van der Waals surface area contributed by atoms with Gasteiger partial charge in [0, 0.05) is 29.4 Å². The van der Waals surface area contributed by atoms with Crippen molar-refractivity contribution in [1.29, 1.82) is 0 Å². The fraction of sp³-hybridized carbons (Fsp3) is 0.222. The van der Waals surface area contributed by atoms with E-state index in [0.29, 0.717) is 28.3 Å². The molecule has 1 unspecified atom stereocenters. The largest absolute Gasteiger partial charge is 0.497 e. The van der Waals surface area contributed by atoms with Gasteiger partial charge in [0.05, 0.1) is 41.0 Å². The molecule has 0 saturated carbocycles. The number of para-hydroxylation sites is 1. The lowest BCUT2D eigenvalue weighted by Gasteiger charge is -2.36. The summed E-state index contributed by atoms with van der Waals surface area (Å²) in [6.45, 7) is 3.52. The average molecular weight is 797 g/mol. The van der Waals surface area contributed by atoms with Crippen LogP contribution >= 0.6 is 0 Å². The average Bonchev–Trinajstić information content (AvgIpc) is 3.59. The van der Waals surface area contributed by atoms with E-state index in [1.54, 1.807) is 61.1 Å². The van der Waals surface area contributed by atoms with Crippen LogP contribution in [0.25, 0.3) is 22.3 Å². The topological polar surface area (TPSA) is 155 Å². The van der Waals surface area contributed by atoms with E-state index in [2.05, 4.69) is 4.72 Å². The Bertz CT molecular complexity index is 2770. The molecule has 0 amide bonds. The molecule has 13 heteroatoms. The maximum Gasteiger partial charge on any atom is 0.355 e. The van der Waals surface area contributed by atoms with Gasteiger partial charge in [-0.3, -0.25) is 14.5 Å². The zero-order valence-electron chi connectivity index (χ0n) is 32.1. The Morgan fingerprint density at radius 2 is 1.67 bits per heavy atom. The Morgan fingerprint density at radius 3 is 2.40 bits per heavy atom. The third-order valence-electron chi connectivity index (χ3n) is 10.6. The van der Waals surface area contributed by atoms with Crippen LogP contribution in [0, 0.1) is 6.92 Å². The van der Waals surface area contributed by atoms with Crippen molar-refractivity contribution in [1.82, 2.24) is 14.3 Å². The number of pyridine rings is 2. The van der Waals surface area contributed by atoms with Gasteiger partial charge in [-0.1, -0.05) is 85.3 Å². The van der Waals surface area contributed by atoms with Crippen LogP contribution < -0.4 is 15.0 Å². The predicted molar refractivity (Wildman–Crippen MR) is 218 cm³/mol. The van der Waals surface area contributed by atoms with E-state index in [-0.39, 0.29) is 59.8 Å². The van der Waals surface area contributed by atoms with Crippen LogP contribution in [0.1, 0.15) is 46.7 Å². The Morgan fingerprint density at radius 1 is 0.948 bits per heavy atom. The number of fused-ring (bicyclic) bond motifs is 5. The quantitative estimate of drug-likeness (QED) is 0.0919. The Hall–Kier alpha value is -6.60. The SMILES string of the molecule is CC[C@@]1(OC(=O)C(Cc2ccccc2)N=C(Cc2ccc(OC)cc2)NS(=O)(=O)c2ccc(C)cc2)C(=O)OCc2c1cc1n(c2=O)Cc2cc3ccccc3nc2-1. The van der Waals surface area contributed by atoms with E-state index >= 15 is 0 Å². The molecule has 1 N–H and O–H groups in total. The van der Waals surface area contributed by atoms with Gasteiger partial charge in [0.2, 0.25) is 5.60 Å². The van der Waals surface area contributed by atoms with E-state index in [0.717, 1.165) is 22.0 Å². The third kappa shape index (κ3) is 7.24. The zero-order valence-corrected chi connectivity index (χ0v) is 32.9. The number of rotatable bonds is 11. The summed E-state index contributed by atoms with van der Waals surface area (Å²) in [4.78, 5) is 52.5. The number of hydrogen-bond acceptors (Lipinski definition) is 10. The first-order valence-electron chi connectivity index (χ1n) is 18.9. The van der Waals surface area contributed by atoms with Crippen LogP contribution in [0.5, 0.6) is 5.75 Å². The smallest absolute Gasteiger partial charge is 0.355 e. The zero-order chi connectivity index (χ0) is 40.6. The molecule has 2 aliphatic rings. The van der Waals surface area contributed by atoms with Crippen LogP contribution in [0.15, 0.2) is 130 Å². The van der Waals surface area contributed by atoms with E-state index in [4.69, 9.17) is 24.2 Å². The van der Waals surface area contributed by atoms with Crippen molar-refractivity contribution < 1.29 is 32.2 Å². The number of benzene rings is 4. The molecule has 0 fully saturated rings.